The van der Waals surface area contributed by atoms with E-state index in [1.54, 1.807) is 36.4 Å². The van der Waals surface area contributed by atoms with E-state index in [0.29, 0.717) is 11.4 Å². The summed E-state index contributed by atoms with van der Waals surface area (Å²) >= 11 is 0. The first-order valence-electron chi connectivity index (χ1n) is 6.61. The summed E-state index contributed by atoms with van der Waals surface area (Å²) in [6, 6.07) is 11.1. The Hall–Kier alpha value is -4.03. The number of hydrogen-bond acceptors (Lipinski definition) is 6. The molecule has 0 aliphatic heterocycles. The van der Waals surface area contributed by atoms with E-state index in [0.717, 1.165) is 13.9 Å². The van der Waals surface area contributed by atoms with Crippen LogP contribution in [0.25, 0.3) is 5.69 Å². The third-order valence-electron chi connectivity index (χ3n) is 3.35. The quantitative estimate of drug-likeness (QED) is 0.798. The van der Waals surface area contributed by atoms with Crippen molar-refractivity contribution in [2.45, 2.75) is 0 Å². The maximum Gasteiger partial charge on any atom is 0.351 e. The maximum atomic E-state index is 12.1. The Kier molecular flexibility index (Phi) is 4.35. The monoisotopic (exact) mass is 321 g/mol. The second kappa shape index (κ2) is 6.39. The lowest BCUT2D eigenvalue weighted by Gasteiger charge is -2.06. The minimum Gasteiger partial charge on any atom is -0.345 e. The van der Waals surface area contributed by atoms with Crippen LogP contribution in [0.15, 0.2) is 45.1 Å². The Morgan fingerprint density at radius 3 is 2.08 bits per heavy atom. The van der Waals surface area contributed by atoms with Gasteiger partial charge in [0.15, 0.2) is 5.57 Å². The summed E-state index contributed by atoms with van der Waals surface area (Å²) in [4.78, 5) is 24.3. The van der Waals surface area contributed by atoms with Crippen LogP contribution in [-0.2, 0) is 14.1 Å². The van der Waals surface area contributed by atoms with Crippen molar-refractivity contribution >= 4 is 5.69 Å². The Balaban J connectivity index is 2.56. The van der Waals surface area contributed by atoms with Crippen molar-refractivity contribution < 1.29 is 0 Å². The summed E-state index contributed by atoms with van der Waals surface area (Å²) in [6.45, 7) is 0. The highest BCUT2D eigenvalue weighted by atomic mass is 16.2. The van der Waals surface area contributed by atoms with Gasteiger partial charge in [0.25, 0.3) is 0 Å². The minimum atomic E-state index is -0.523. The lowest BCUT2D eigenvalue weighted by Crippen LogP contribution is -2.26. The van der Waals surface area contributed by atoms with E-state index in [2.05, 4.69) is 5.32 Å². The van der Waals surface area contributed by atoms with Gasteiger partial charge in [0.1, 0.15) is 23.9 Å². The molecule has 1 N–H and O–H groups in total. The highest BCUT2D eigenvalue weighted by Gasteiger charge is 2.13. The summed E-state index contributed by atoms with van der Waals surface area (Å²) < 4.78 is 3.29. The molecule has 2 aromatic rings. The van der Waals surface area contributed by atoms with Crippen LogP contribution in [0.4, 0.5) is 5.69 Å². The summed E-state index contributed by atoms with van der Waals surface area (Å²) in [7, 11) is 2.93. The van der Waals surface area contributed by atoms with E-state index in [1.165, 1.54) is 20.2 Å². The fourth-order valence-electron chi connectivity index (χ4n) is 2.00. The number of anilines is 1. The molecular formula is C15H11N7O2. The predicted octanol–water partition coefficient (Wildman–Crippen LogP) is 0.111. The van der Waals surface area contributed by atoms with E-state index in [4.69, 9.17) is 15.8 Å². The Morgan fingerprint density at radius 2 is 1.58 bits per heavy atom. The first-order valence-corrected chi connectivity index (χ1v) is 6.61. The van der Waals surface area contributed by atoms with Crippen molar-refractivity contribution in [3.63, 3.8) is 0 Å². The molecule has 1 aromatic carbocycles. The van der Waals surface area contributed by atoms with Crippen molar-refractivity contribution in [2.24, 2.45) is 14.1 Å². The van der Waals surface area contributed by atoms with Crippen LogP contribution in [0.5, 0.6) is 0 Å². The topological polar surface area (TPSA) is 132 Å². The molecule has 0 unspecified atom stereocenters. The molecule has 0 radical (unpaired) electrons. The minimum absolute atomic E-state index is 0.217. The van der Waals surface area contributed by atoms with Gasteiger partial charge in [0.2, 0.25) is 0 Å². The number of rotatable bonds is 3. The van der Waals surface area contributed by atoms with Crippen LogP contribution in [0.3, 0.4) is 0 Å². The van der Waals surface area contributed by atoms with Gasteiger partial charge < -0.3 is 5.32 Å². The summed E-state index contributed by atoms with van der Waals surface area (Å²) in [6.07, 6.45) is 0. The lowest BCUT2D eigenvalue weighted by molar-refractivity contribution is 0.565. The average molecular weight is 321 g/mol. The van der Waals surface area contributed by atoms with Crippen molar-refractivity contribution in [1.29, 1.82) is 15.8 Å². The zero-order valence-electron chi connectivity index (χ0n) is 12.8. The SMILES string of the molecule is Cn1c(=O)n(-c2cccc(NC(C#N)=C(C#N)C#N)c2)c(=O)n1C. The highest BCUT2D eigenvalue weighted by molar-refractivity contribution is 5.60. The van der Waals surface area contributed by atoms with Gasteiger partial charge in [-0.25, -0.2) is 23.5 Å². The standard InChI is InChI=1S/C15H11N7O2/c1-20-14(23)22(15(24)21(20)2)12-5-3-4-11(6-12)19-13(9-18)10(7-16)8-17/h3-6,19H,1-2H3. The van der Waals surface area contributed by atoms with Crippen LogP contribution in [0.2, 0.25) is 0 Å². The van der Waals surface area contributed by atoms with Gasteiger partial charge in [0, 0.05) is 19.8 Å². The van der Waals surface area contributed by atoms with Crippen molar-refractivity contribution in [3.8, 4) is 23.9 Å². The number of aromatic nitrogens is 3. The fraction of sp³-hybridized carbons (Fsp3) is 0.133. The largest absolute Gasteiger partial charge is 0.351 e. The summed E-state index contributed by atoms with van der Waals surface area (Å²) in [5, 5.41) is 29.4. The van der Waals surface area contributed by atoms with Crippen LogP contribution in [0, 0.1) is 34.0 Å². The van der Waals surface area contributed by atoms with E-state index in [1.807, 2.05) is 0 Å². The number of nitrogens with zero attached hydrogens (tertiary/aromatic N) is 6. The molecule has 0 bridgehead atoms. The van der Waals surface area contributed by atoms with E-state index in [-0.39, 0.29) is 11.3 Å². The number of allylic oxidation sites excluding steroid dienone is 2. The fourth-order valence-corrected chi connectivity index (χ4v) is 2.00. The molecule has 0 aliphatic rings. The van der Waals surface area contributed by atoms with E-state index >= 15 is 0 Å². The summed E-state index contributed by atoms with van der Waals surface area (Å²) in [5.74, 6) is 0. The molecule has 0 atom stereocenters. The van der Waals surface area contributed by atoms with Crippen molar-refractivity contribution in [3.05, 3.63) is 56.5 Å². The normalized spacial score (nSPS) is 9.46. The second-order valence-corrected chi connectivity index (χ2v) is 4.71. The number of hydrogen-bond donors (Lipinski definition) is 1. The molecule has 0 aliphatic carbocycles. The third kappa shape index (κ3) is 2.68. The molecule has 0 saturated carbocycles. The van der Waals surface area contributed by atoms with Gasteiger partial charge >= 0.3 is 11.4 Å². The van der Waals surface area contributed by atoms with Crippen molar-refractivity contribution in [2.75, 3.05) is 5.32 Å². The van der Waals surface area contributed by atoms with Crippen LogP contribution in [-0.4, -0.2) is 13.9 Å². The van der Waals surface area contributed by atoms with Crippen LogP contribution in [0.1, 0.15) is 0 Å². The third-order valence-corrected chi connectivity index (χ3v) is 3.35. The molecule has 24 heavy (non-hydrogen) atoms. The summed E-state index contributed by atoms with van der Waals surface area (Å²) in [5.41, 5.74) is -0.985. The van der Waals surface area contributed by atoms with Gasteiger partial charge in [-0.15, -0.1) is 0 Å². The van der Waals surface area contributed by atoms with Gasteiger partial charge in [-0.2, -0.15) is 15.8 Å². The van der Waals surface area contributed by atoms with Gasteiger partial charge in [-0.05, 0) is 18.2 Å². The first kappa shape index (κ1) is 16.3. The molecule has 0 fully saturated rings. The molecule has 118 valence electrons. The highest BCUT2D eigenvalue weighted by Crippen LogP contribution is 2.15. The average Bonchev–Trinajstić information content (AvgIpc) is 2.78. The molecule has 9 heteroatoms. The number of benzene rings is 1. The smallest absolute Gasteiger partial charge is 0.345 e. The van der Waals surface area contributed by atoms with Gasteiger partial charge in [-0.3, -0.25) is 0 Å². The zero-order chi connectivity index (χ0) is 17.9. The predicted molar refractivity (Wildman–Crippen MR) is 83.7 cm³/mol. The molecule has 1 heterocycles. The molecule has 0 saturated heterocycles. The first-order chi connectivity index (χ1) is 11.4. The Morgan fingerprint density at radius 1 is 1.00 bits per heavy atom. The van der Waals surface area contributed by atoms with Crippen LogP contribution < -0.4 is 16.7 Å². The van der Waals surface area contributed by atoms with Crippen LogP contribution >= 0.6 is 0 Å². The van der Waals surface area contributed by atoms with E-state index in [9.17, 15) is 9.59 Å². The number of nitrogens with one attached hydrogen (secondary N) is 1. The molecule has 1 aromatic heterocycles. The molecule has 9 nitrogen and oxygen atoms in total. The molecular weight excluding hydrogens is 310 g/mol. The zero-order valence-corrected chi connectivity index (χ0v) is 12.8. The lowest BCUT2D eigenvalue weighted by atomic mass is 10.2. The molecule has 0 spiro atoms. The van der Waals surface area contributed by atoms with Gasteiger partial charge in [0.05, 0.1) is 5.69 Å². The van der Waals surface area contributed by atoms with Crippen molar-refractivity contribution in [1.82, 2.24) is 13.9 Å². The van der Waals surface area contributed by atoms with E-state index < -0.39 is 11.4 Å². The molecule has 2 rings (SSSR count). The Bertz CT molecular complexity index is 1030. The van der Waals surface area contributed by atoms with Gasteiger partial charge in [-0.1, -0.05) is 6.07 Å². The maximum absolute atomic E-state index is 12.1. The second-order valence-electron chi connectivity index (χ2n) is 4.71. The molecule has 0 amide bonds. The Labute approximate surface area is 136 Å². The number of nitriles is 3.